The van der Waals surface area contributed by atoms with Gasteiger partial charge in [-0.25, -0.2) is 4.39 Å². The second kappa shape index (κ2) is 6.62. The third-order valence-corrected chi connectivity index (χ3v) is 2.43. The summed E-state index contributed by atoms with van der Waals surface area (Å²) in [7, 11) is 0. The largest absolute Gasteiger partial charge is 0.481 e. The predicted octanol–water partition coefficient (Wildman–Crippen LogP) is 1.35. The van der Waals surface area contributed by atoms with Crippen LogP contribution in [0.15, 0.2) is 24.3 Å². The Labute approximate surface area is 98.5 Å². The van der Waals surface area contributed by atoms with E-state index in [1.54, 1.807) is 18.2 Å². The highest BCUT2D eigenvalue weighted by Crippen LogP contribution is 2.11. The van der Waals surface area contributed by atoms with Crippen molar-refractivity contribution < 1.29 is 19.1 Å². The van der Waals surface area contributed by atoms with E-state index in [9.17, 15) is 14.0 Å². The van der Waals surface area contributed by atoms with Crippen LogP contribution in [0.4, 0.5) is 4.39 Å². The standard InChI is InChI=1S/C12H14FNO3/c13-11-4-2-1-3-9(11)7-10(14-8-15)5-6-12(16)17/h1-4,8,10H,5-7H2,(H,14,15)(H,16,17). The van der Waals surface area contributed by atoms with Crippen LogP contribution in [0.1, 0.15) is 18.4 Å². The Morgan fingerprint density at radius 2 is 2.18 bits per heavy atom. The predicted molar refractivity (Wildman–Crippen MR) is 60.0 cm³/mol. The Morgan fingerprint density at radius 1 is 1.47 bits per heavy atom. The van der Waals surface area contributed by atoms with Gasteiger partial charge in [0.15, 0.2) is 0 Å². The van der Waals surface area contributed by atoms with Gasteiger partial charge in [0.25, 0.3) is 0 Å². The minimum Gasteiger partial charge on any atom is -0.481 e. The third kappa shape index (κ3) is 4.63. The molecule has 0 saturated carbocycles. The lowest BCUT2D eigenvalue weighted by atomic mass is 10.0. The summed E-state index contributed by atoms with van der Waals surface area (Å²) in [5.74, 6) is -1.28. The summed E-state index contributed by atoms with van der Waals surface area (Å²) in [5.41, 5.74) is 0.470. The van der Waals surface area contributed by atoms with Gasteiger partial charge < -0.3 is 10.4 Å². The molecule has 0 aliphatic carbocycles. The Hall–Kier alpha value is -1.91. The van der Waals surface area contributed by atoms with E-state index < -0.39 is 5.97 Å². The van der Waals surface area contributed by atoms with Gasteiger partial charge in [-0.3, -0.25) is 9.59 Å². The van der Waals surface area contributed by atoms with Crippen LogP contribution in [0.25, 0.3) is 0 Å². The molecule has 1 unspecified atom stereocenters. The Bertz CT molecular complexity index is 395. The van der Waals surface area contributed by atoms with Gasteiger partial charge in [0.05, 0.1) is 0 Å². The first-order valence-corrected chi connectivity index (χ1v) is 5.28. The normalized spacial score (nSPS) is 11.8. The number of benzene rings is 1. The van der Waals surface area contributed by atoms with E-state index in [4.69, 9.17) is 5.11 Å². The fraction of sp³-hybridized carbons (Fsp3) is 0.333. The molecule has 0 aliphatic heterocycles. The van der Waals surface area contributed by atoms with Gasteiger partial charge in [-0.05, 0) is 24.5 Å². The molecule has 1 amide bonds. The van der Waals surface area contributed by atoms with Crippen molar-refractivity contribution in [3.8, 4) is 0 Å². The van der Waals surface area contributed by atoms with Gasteiger partial charge in [0.1, 0.15) is 5.82 Å². The lowest BCUT2D eigenvalue weighted by molar-refractivity contribution is -0.137. The maximum Gasteiger partial charge on any atom is 0.303 e. The fourth-order valence-corrected chi connectivity index (χ4v) is 1.57. The van der Waals surface area contributed by atoms with Gasteiger partial charge in [-0.2, -0.15) is 0 Å². The number of halogens is 1. The average molecular weight is 239 g/mol. The molecule has 0 bridgehead atoms. The molecule has 1 aromatic rings. The van der Waals surface area contributed by atoms with E-state index in [2.05, 4.69) is 5.32 Å². The first-order chi connectivity index (χ1) is 8.13. The van der Waals surface area contributed by atoms with Crippen LogP contribution in [-0.4, -0.2) is 23.5 Å². The van der Waals surface area contributed by atoms with Crippen LogP contribution in [0.5, 0.6) is 0 Å². The summed E-state index contributed by atoms with van der Waals surface area (Å²) in [5, 5.41) is 11.1. The first-order valence-electron chi connectivity index (χ1n) is 5.28. The molecule has 0 fully saturated rings. The summed E-state index contributed by atoms with van der Waals surface area (Å²) in [6, 6.07) is 5.88. The van der Waals surface area contributed by atoms with Crippen molar-refractivity contribution in [2.75, 3.05) is 0 Å². The quantitative estimate of drug-likeness (QED) is 0.706. The van der Waals surface area contributed by atoms with Crippen molar-refractivity contribution in [3.63, 3.8) is 0 Å². The lowest BCUT2D eigenvalue weighted by Gasteiger charge is -2.15. The number of carboxylic acid groups (broad SMARTS) is 1. The minimum absolute atomic E-state index is 0.0556. The first kappa shape index (κ1) is 13.2. The van der Waals surface area contributed by atoms with Crippen molar-refractivity contribution in [2.45, 2.75) is 25.3 Å². The molecule has 0 aliphatic rings. The monoisotopic (exact) mass is 239 g/mol. The van der Waals surface area contributed by atoms with Gasteiger partial charge in [-0.1, -0.05) is 18.2 Å². The molecule has 17 heavy (non-hydrogen) atoms. The number of hydrogen-bond donors (Lipinski definition) is 2. The van der Waals surface area contributed by atoms with Crippen molar-refractivity contribution in [3.05, 3.63) is 35.6 Å². The zero-order valence-corrected chi connectivity index (χ0v) is 9.23. The topological polar surface area (TPSA) is 66.4 Å². The minimum atomic E-state index is -0.934. The molecule has 92 valence electrons. The molecule has 1 atom stereocenters. The number of carboxylic acids is 1. The summed E-state index contributed by atoms with van der Waals surface area (Å²) >= 11 is 0. The number of aliphatic carboxylic acids is 1. The second-order valence-corrected chi connectivity index (χ2v) is 3.71. The summed E-state index contributed by atoms with van der Waals surface area (Å²) in [6.07, 6.45) is 1.02. The molecule has 2 N–H and O–H groups in total. The van der Waals surface area contributed by atoms with E-state index in [1.165, 1.54) is 6.07 Å². The van der Waals surface area contributed by atoms with Crippen molar-refractivity contribution >= 4 is 12.4 Å². The van der Waals surface area contributed by atoms with Gasteiger partial charge in [0, 0.05) is 12.5 Å². The molecule has 0 spiro atoms. The van der Waals surface area contributed by atoms with Gasteiger partial charge in [-0.15, -0.1) is 0 Å². The van der Waals surface area contributed by atoms with E-state index in [0.29, 0.717) is 18.4 Å². The highest BCUT2D eigenvalue weighted by molar-refractivity contribution is 5.66. The van der Waals surface area contributed by atoms with Gasteiger partial charge in [0.2, 0.25) is 6.41 Å². The molecule has 0 heterocycles. The van der Waals surface area contributed by atoms with Crippen LogP contribution in [0.2, 0.25) is 0 Å². The second-order valence-electron chi connectivity index (χ2n) is 3.71. The molecule has 1 aromatic carbocycles. The van der Waals surface area contributed by atoms with Crippen molar-refractivity contribution in [2.24, 2.45) is 0 Å². The summed E-state index contributed by atoms with van der Waals surface area (Å²) < 4.78 is 13.4. The molecule has 1 rings (SSSR count). The molecular formula is C12H14FNO3. The fourth-order valence-electron chi connectivity index (χ4n) is 1.57. The van der Waals surface area contributed by atoms with Crippen LogP contribution >= 0.6 is 0 Å². The molecular weight excluding hydrogens is 225 g/mol. The molecule has 0 aromatic heterocycles. The third-order valence-electron chi connectivity index (χ3n) is 2.43. The van der Waals surface area contributed by atoms with E-state index in [0.717, 1.165) is 0 Å². The lowest BCUT2D eigenvalue weighted by Crippen LogP contribution is -2.30. The number of nitrogens with one attached hydrogen (secondary N) is 1. The zero-order chi connectivity index (χ0) is 12.7. The number of carbonyl (C=O) groups excluding carboxylic acids is 1. The van der Waals surface area contributed by atoms with Crippen LogP contribution < -0.4 is 5.32 Å². The smallest absolute Gasteiger partial charge is 0.303 e. The average Bonchev–Trinajstić information content (AvgIpc) is 2.29. The maximum absolute atomic E-state index is 13.4. The zero-order valence-electron chi connectivity index (χ0n) is 9.23. The van der Waals surface area contributed by atoms with Crippen LogP contribution in [0, 0.1) is 5.82 Å². The SMILES string of the molecule is O=CNC(CCC(=O)O)Cc1ccccc1F. The van der Waals surface area contributed by atoms with E-state index in [1.807, 2.05) is 0 Å². The Balaban J connectivity index is 2.62. The van der Waals surface area contributed by atoms with Crippen molar-refractivity contribution in [1.29, 1.82) is 0 Å². The molecule has 5 heteroatoms. The van der Waals surface area contributed by atoms with E-state index >= 15 is 0 Å². The van der Waals surface area contributed by atoms with Crippen LogP contribution in [0.3, 0.4) is 0 Å². The number of rotatable bonds is 7. The summed E-state index contributed by atoms with van der Waals surface area (Å²) in [4.78, 5) is 20.8. The Morgan fingerprint density at radius 3 is 2.76 bits per heavy atom. The van der Waals surface area contributed by atoms with Crippen LogP contribution in [-0.2, 0) is 16.0 Å². The maximum atomic E-state index is 13.4. The highest BCUT2D eigenvalue weighted by atomic mass is 19.1. The number of amides is 1. The number of hydrogen-bond acceptors (Lipinski definition) is 2. The Kier molecular flexibility index (Phi) is 5.13. The summed E-state index contributed by atoms with van der Waals surface area (Å²) in [6.45, 7) is 0. The molecule has 0 saturated heterocycles. The van der Waals surface area contributed by atoms with Crippen molar-refractivity contribution in [1.82, 2.24) is 5.32 Å². The number of carbonyl (C=O) groups is 2. The van der Waals surface area contributed by atoms with E-state index in [-0.39, 0.29) is 24.7 Å². The van der Waals surface area contributed by atoms with Gasteiger partial charge >= 0.3 is 5.97 Å². The molecule has 0 radical (unpaired) electrons. The highest BCUT2D eigenvalue weighted by Gasteiger charge is 2.12. The molecule has 4 nitrogen and oxygen atoms in total.